The molecule has 3 nitrogen and oxygen atoms in total. The summed E-state index contributed by atoms with van der Waals surface area (Å²) < 4.78 is 5.27. The van der Waals surface area contributed by atoms with E-state index in [0.29, 0.717) is 5.41 Å². The van der Waals surface area contributed by atoms with Crippen LogP contribution in [-0.4, -0.2) is 30.2 Å². The molecule has 1 saturated carbocycles. The zero-order valence-electron chi connectivity index (χ0n) is 10.6. The van der Waals surface area contributed by atoms with E-state index in [2.05, 4.69) is 6.92 Å². The molecule has 0 aromatic carbocycles. The fourth-order valence-electron chi connectivity index (χ4n) is 1.33. The van der Waals surface area contributed by atoms with Crippen LogP contribution in [0.1, 0.15) is 47.0 Å². The van der Waals surface area contributed by atoms with Gasteiger partial charge in [0.05, 0.1) is 0 Å². The molecule has 3 heteroatoms. The van der Waals surface area contributed by atoms with Gasteiger partial charge in [-0.25, -0.2) is 4.79 Å². The van der Waals surface area contributed by atoms with Gasteiger partial charge in [0.15, 0.2) is 0 Å². The van der Waals surface area contributed by atoms with Crippen molar-refractivity contribution in [1.82, 2.24) is 4.90 Å². The van der Waals surface area contributed by atoms with Gasteiger partial charge >= 0.3 is 6.09 Å². The molecular formula is C12H23NO2. The summed E-state index contributed by atoms with van der Waals surface area (Å²) in [7, 11) is 1.81. The fourth-order valence-corrected chi connectivity index (χ4v) is 1.33. The predicted octanol–water partition coefficient (Wildman–Crippen LogP) is 3.04. The lowest BCUT2D eigenvalue weighted by Crippen LogP contribution is -2.35. The Morgan fingerprint density at radius 2 is 1.93 bits per heavy atom. The first-order chi connectivity index (χ1) is 6.72. The minimum atomic E-state index is -0.394. The minimum Gasteiger partial charge on any atom is -0.444 e. The SMILES string of the molecule is CN(CCC1(C)CC1)C(=O)OC(C)(C)C. The number of carbonyl (C=O) groups is 1. The average Bonchev–Trinajstić information content (AvgIpc) is 2.77. The molecule has 0 aliphatic heterocycles. The Morgan fingerprint density at radius 3 is 2.33 bits per heavy atom. The first-order valence-electron chi connectivity index (χ1n) is 5.66. The van der Waals surface area contributed by atoms with E-state index in [0.717, 1.165) is 13.0 Å². The molecule has 0 atom stereocenters. The molecule has 0 saturated heterocycles. The molecule has 0 aromatic heterocycles. The minimum absolute atomic E-state index is 0.216. The van der Waals surface area contributed by atoms with E-state index in [1.54, 1.807) is 11.9 Å². The van der Waals surface area contributed by atoms with E-state index in [-0.39, 0.29) is 6.09 Å². The quantitative estimate of drug-likeness (QED) is 0.721. The zero-order chi connectivity index (χ0) is 11.7. The van der Waals surface area contributed by atoms with Gasteiger partial charge in [0.25, 0.3) is 0 Å². The summed E-state index contributed by atoms with van der Waals surface area (Å²) in [6.45, 7) is 8.74. The molecule has 15 heavy (non-hydrogen) atoms. The van der Waals surface area contributed by atoms with Gasteiger partial charge in [0.1, 0.15) is 5.60 Å². The maximum atomic E-state index is 11.6. The predicted molar refractivity (Wildman–Crippen MR) is 60.8 cm³/mol. The highest BCUT2D eigenvalue weighted by atomic mass is 16.6. The standard InChI is InChI=1S/C12H23NO2/c1-11(2,3)15-10(14)13(5)9-8-12(4)6-7-12/h6-9H2,1-5H3. The maximum Gasteiger partial charge on any atom is 0.410 e. The third kappa shape index (κ3) is 4.54. The third-order valence-electron chi connectivity index (χ3n) is 2.86. The number of ether oxygens (including phenoxy) is 1. The number of carbonyl (C=O) groups excluding carboxylic acids is 1. The van der Waals surface area contributed by atoms with Gasteiger partial charge in [-0.05, 0) is 45.4 Å². The highest BCUT2D eigenvalue weighted by Gasteiger charge is 2.37. The van der Waals surface area contributed by atoms with E-state index < -0.39 is 5.60 Å². The van der Waals surface area contributed by atoms with Crippen molar-refractivity contribution in [2.24, 2.45) is 5.41 Å². The smallest absolute Gasteiger partial charge is 0.410 e. The first-order valence-corrected chi connectivity index (χ1v) is 5.66. The Hall–Kier alpha value is -0.730. The molecule has 1 aliphatic carbocycles. The highest BCUT2D eigenvalue weighted by molar-refractivity contribution is 5.67. The third-order valence-corrected chi connectivity index (χ3v) is 2.86. The first kappa shape index (κ1) is 12.3. The lowest BCUT2D eigenvalue weighted by atomic mass is 10.1. The van der Waals surface area contributed by atoms with Crippen LogP contribution in [0.3, 0.4) is 0 Å². The van der Waals surface area contributed by atoms with Gasteiger partial charge < -0.3 is 9.64 Å². The van der Waals surface area contributed by atoms with Gasteiger partial charge in [0.2, 0.25) is 0 Å². The number of hydrogen-bond acceptors (Lipinski definition) is 2. The van der Waals surface area contributed by atoms with Crippen LogP contribution >= 0.6 is 0 Å². The van der Waals surface area contributed by atoms with Crippen molar-refractivity contribution in [3.05, 3.63) is 0 Å². The molecule has 1 rings (SSSR count). The van der Waals surface area contributed by atoms with Gasteiger partial charge in [-0.3, -0.25) is 0 Å². The zero-order valence-corrected chi connectivity index (χ0v) is 10.6. The highest BCUT2D eigenvalue weighted by Crippen LogP contribution is 2.48. The van der Waals surface area contributed by atoms with E-state index in [9.17, 15) is 4.79 Å². The summed E-state index contributed by atoms with van der Waals surface area (Å²) in [5, 5.41) is 0. The summed E-state index contributed by atoms with van der Waals surface area (Å²) >= 11 is 0. The summed E-state index contributed by atoms with van der Waals surface area (Å²) in [5.74, 6) is 0. The van der Waals surface area contributed by atoms with Gasteiger partial charge in [-0.1, -0.05) is 6.92 Å². The molecular weight excluding hydrogens is 190 g/mol. The Bertz CT molecular complexity index is 238. The molecule has 1 fully saturated rings. The van der Waals surface area contributed by atoms with Gasteiger partial charge in [-0.2, -0.15) is 0 Å². The van der Waals surface area contributed by atoms with Gasteiger partial charge in [-0.15, -0.1) is 0 Å². The molecule has 0 heterocycles. The number of rotatable bonds is 3. The Morgan fingerprint density at radius 1 is 1.40 bits per heavy atom. The Labute approximate surface area is 92.8 Å². The Balaban J connectivity index is 2.27. The van der Waals surface area contributed by atoms with Crippen molar-refractivity contribution in [1.29, 1.82) is 0 Å². The monoisotopic (exact) mass is 213 g/mol. The number of nitrogens with zero attached hydrogens (tertiary/aromatic N) is 1. The van der Waals surface area contributed by atoms with Crippen molar-refractivity contribution >= 4 is 6.09 Å². The molecule has 1 aliphatic rings. The van der Waals surface area contributed by atoms with E-state index >= 15 is 0 Å². The van der Waals surface area contributed by atoms with Crippen LogP contribution in [0.5, 0.6) is 0 Å². The summed E-state index contributed by atoms with van der Waals surface area (Å²) in [6.07, 6.45) is 3.47. The van der Waals surface area contributed by atoms with Crippen LogP contribution < -0.4 is 0 Å². The molecule has 0 N–H and O–H groups in total. The van der Waals surface area contributed by atoms with E-state index in [4.69, 9.17) is 4.74 Å². The summed E-state index contributed by atoms with van der Waals surface area (Å²) in [6, 6.07) is 0. The van der Waals surface area contributed by atoms with Crippen LogP contribution in [0.15, 0.2) is 0 Å². The topological polar surface area (TPSA) is 29.5 Å². The largest absolute Gasteiger partial charge is 0.444 e. The second-order valence-corrected chi connectivity index (χ2v) is 5.96. The lowest BCUT2D eigenvalue weighted by molar-refractivity contribution is 0.0290. The van der Waals surface area contributed by atoms with Crippen molar-refractivity contribution in [3.63, 3.8) is 0 Å². The fraction of sp³-hybridized carbons (Fsp3) is 0.917. The maximum absolute atomic E-state index is 11.6. The van der Waals surface area contributed by atoms with Gasteiger partial charge in [0, 0.05) is 13.6 Å². The molecule has 88 valence electrons. The van der Waals surface area contributed by atoms with Crippen LogP contribution in [0.2, 0.25) is 0 Å². The average molecular weight is 213 g/mol. The van der Waals surface area contributed by atoms with E-state index in [1.807, 2.05) is 20.8 Å². The summed E-state index contributed by atoms with van der Waals surface area (Å²) in [5.41, 5.74) is 0.102. The normalized spacial score (nSPS) is 18.5. The molecule has 0 unspecified atom stereocenters. The molecule has 0 radical (unpaired) electrons. The lowest BCUT2D eigenvalue weighted by Gasteiger charge is -2.25. The molecule has 0 aromatic rings. The number of hydrogen-bond donors (Lipinski definition) is 0. The van der Waals surface area contributed by atoms with Crippen molar-refractivity contribution in [2.75, 3.05) is 13.6 Å². The van der Waals surface area contributed by atoms with Crippen molar-refractivity contribution in [3.8, 4) is 0 Å². The second-order valence-electron chi connectivity index (χ2n) is 5.96. The molecule has 1 amide bonds. The molecule has 0 bridgehead atoms. The van der Waals surface area contributed by atoms with Crippen molar-refractivity contribution in [2.45, 2.75) is 52.6 Å². The van der Waals surface area contributed by atoms with Crippen molar-refractivity contribution < 1.29 is 9.53 Å². The van der Waals surface area contributed by atoms with Crippen LogP contribution in [-0.2, 0) is 4.74 Å². The van der Waals surface area contributed by atoms with Crippen LogP contribution in [0, 0.1) is 5.41 Å². The number of amides is 1. The summed E-state index contributed by atoms with van der Waals surface area (Å²) in [4.78, 5) is 13.3. The van der Waals surface area contributed by atoms with Crippen LogP contribution in [0.25, 0.3) is 0 Å². The molecule has 0 spiro atoms. The second kappa shape index (κ2) is 4.03. The van der Waals surface area contributed by atoms with E-state index in [1.165, 1.54) is 12.8 Å². The Kier molecular flexibility index (Phi) is 3.31. The van der Waals surface area contributed by atoms with Crippen LogP contribution in [0.4, 0.5) is 4.79 Å².